The summed E-state index contributed by atoms with van der Waals surface area (Å²) in [7, 11) is 2.17. The molecule has 1 unspecified atom stereocenters. The Bertz CT molecular complexity index is 589. The lowest BCUT2D eigenvalue weighted by atomic mass is 9.96. The van der Waals surface area contributed by atoms with Crippen molar-refractivity contribution in [3.63, 3.8) is 0 Å². The monoisotopic (exact) mass is 256 g/mol. The number of piperidine rings is 1. The largest absolute Gasteiger partial charge is 0.350 e. The molecule has 2 heterocycles. The molecule has 0 bridgehead atoms. The van der Waals surface area contributed by atoms with Crippen LogP contribution in [-0.2, 0) is 13.5 Å². The van der Waals surface area contributed by atoms with Gasteiger partial charge >= 0.3 is 0 Å². The number of rotatable bonds is 2. The van der Waals surface area contributed by atoms with Crippen molar-refractivity contribution in [1.82, 2.24) is 9.88 Å². The molecule has 0 radical (unpaired) electrons. The van der Waals surface area contributed by atoms with Gasteiger partial charge in [-0.2, -0.15) is 0 Å². The van der Waals surface area contributed by atoms with Gasteiger partial charge < -0.3 is 9.88 Å². The Morgan fingerprint density at radius 1 is 1.26 bits per heavy atom. The molecule has 1 saturated heterocycles. The number of nitrogens with zero attached hydrogens (tertiary/aromatic N) is 1. The molecule has 2 aromatic rings. The van der Waals surface area contributed by atoms with E-state index in [1.54, 1.807) is 0 Å². The minimum absolute atomic E-state index is 0.668. The third-order valence-electron chi connectivity index (χ3n) is 4.63. The Labute approximate surface area is 115 Å². The third kappa shape index (κ3) is 2.30. The minimum Gasteiger partial charge on any atom is -0.350 e. The van der Waals surface area contributed by atoms with Crippen LogP contribution in [0.3, 0.4) is 0 Å². The van der Waals surface area contributed by atoms with Crippen molar-refractivity contribution in [3.8, 4) is 0 Å². The van der Waals surface area contributed by atoms with E-state index in [1.165, 1.54) is 59.8 Å². The van der Waals surface area contributed by atoms with Gasteiger partial charge in [-0.05, 0) is 56.3 Å². The summed E-state index contributed by atoms with van der Waals surface area (Å²) in [5, 5.41) is 5.10. The number of aromatic nitrogens is 1. The summed E-state index contributed by atoms with van der Waals surface area (Å²) < 4.78 is 2.30. The average molecular weight is 256 g/mol. The van der Waals surface area contributed by atoms with Gasteiger partial charge in [0, 0.05) is 24.7 Å². The number of aryl methyl sites for hydroxylation is 3. The van der Waals surface area contributed by atoms with Gasteiger partial charge in [0.15, 0.2) is 0 Å². The van der Waals surface area contributed by atoms with Crippen molar-refractivity contribution in [2.75, 3.05) is 6.54 Å². The molecule has 0 aliphatic carbocycles. The first kappa shape index (κ1) is 12.7. The van der Waals surface area contributed by atoms with Crippen LogP contribution in [0.1, 0.15) is 36.0 Å². The van der Waals surface area contributed by atoms with E-state index >= 15 is 0 Å². The maximum Gasteiger partial charge on any atom is 0.0512 e. The summed E-state index contributed by atoms with van der Waals surface area (Å²) in [5.74, 6) is 0. The second-order valence-electron chi connectivity index (χ2n) is 6.02. The van der Waals surface area contributed by atoms with Crippen molar-refractivity contribution < 1.29 is 0 Å². The zero-order valence-electron chi connectivity index (χ0n) is 12.3. The Balaban J connectivity index is 1.98. The predicted octanol–water partition coefficient (Wildman–Crippen LogP) is 3.48. The molecule has 2 nitrogen and oxygen atoms in total. The molecular formula is C17H24N2. The highest BCUT2D eigenvalue weighted by molar-refractivity contribution is 5.87. The van der Waals surface area contributed by atoms with Crippen LogP contribution in [-0.4, -0.2) is 17.2 Å². The average Bonchev–Trinajstić information content (AvgIpc) is 2.72. The van der Waals surface area contributed by atoms with E-state index in [0.717, 1.165) is 0 Å². The molecule has 3 rings (SSSR count). The summed E-state index contributed by atoms with van der Waals surface area (Å²) in [6, 6.07) is 5.23. The maximum absolute atomic E-state index is 3.66. The minimum atomic E-state index is 0.668. The lowest BCUT2D eigenvalue weighted by Crippen LogP contribution is -2.35. The van der Waals surface area contributed by atoms with Crippen molar-refractivity contribution in [2.24, 2.45) is 7.05 Å². The van der Waals surface area contributed by atoms with E-state index in [0.29, 0.717) is 6.04 Å². The smallest absolute Gasteiger partial charge is 0.0512 e. The number of benzene rings is 1. The summed E-state index contributed by atoms with van der Waals surface area (Å²) in [4.78, 5) is 0. The van der Waals surface area contributed by atoms with Crippen molar-refractivity contribution in [2.45, 2.75) is 45.6 Å². The molecule has 1 N–H and O–H groups in total. The molecule has 0 saturated carbocycles. The first-order valence-corrected chi connectivity index (χ1v) is 7.44. The van der Waals surface area contributed by atoms with E-state index in [9.17, 15) is 0 Å². The predicted molar refractivity (Wildman–Crippen MR) is 81.7 cm³/mol. The second-order valence-corrected chi connectivity index (χ2v) is 6.02. The van der Waals surface area contributed by atoms with Gasteiger partial charge in [0.05, 0.1) is 5.52 Å². The van der Waals surface area contributed by atoms with Crippen LogP contribution >= 0.6 is 0 Å². The summed E-state index contributed by atoms with van der Waals surface area (Å²) in [6.07, 6.45) is 7.53. The van der Waals surface area contributed by atoms with Crippen molar-refractivity contribution >= 4 is 10.9 Å². The van der Waals surface area contributed by atoms with Crippen LogP contribution in [0.15, 0.2) is 18.3 Å². The molecule has 102 valence electrons. The van der Waals surface area contributed by atoms with Gasteiger partial charge in [0.2, 0.25) is 0 Å². The molecule has 2 heteroatoms. The number of hydrogen-bond donors (Lipinski definition) is 1. The summed E-state index contributed by atoms with van der Waals surface area (Å²) in [5.41, 5.74) is 5.71. The third-order valence-corrected chi connectivity index (χ3v) is 4.63. The molecule has 1 aromatic heterocycles. The SMILES string of the molecule is Cc1ccc2c(CC3CCCCN3)cn(C)c2c1C. The van der Waals surface area contributed by atoms with Gasteiger partial charge in [0.25, 0.3) is 0 Å². The normalized spacial score (nSPS) is 20.1. The van der Waals surface area contributed by atoms with Gasteiger partial charge in [-0.15, -0.1) is 0 Å². The Morgan fingerprint density at radius 3 is 2.84 bits per heavy atom. The Morgan fingerprint density at radius 2 is 2.11 bits per heavy atom. The number of hydrogen-bond acceptors (Lipinski definition) is 1. The van der Waals surface area contributed by atoms with Crippen LogP contribution in [0.5, 0.6) is 0 Å². The highest BCUT2D eigenvalue weighted by Gasteiger charge is 2.16. The van der Waals surface area contributed by atoms with Gasteiger partial charge in [-0.3, -0.25) is 0 Å². The Kier molecular flexibility index (Phi) is 3.36. The van der Waals surface area contributed by atoms with E-state index < -0.39 is 0 Å². The van der Waals surface area contributed by atoms with Crippen molar-refractivity contribution in [1.29, 1.82) is 0 Å². The topological polar surface area (TPSA) is 17.0 Å². The second kappa shape index (κ2) is 5.01. The molecular weight excluding hydrogens is 232 g/mol. The van der Waals surface area contributed by atoms with E-state index in [-0.39, 0.29) is 0 Å². The zero-order valence-corrected chi connectivity index (χ0v) is 12.3. The van der Waals surface area contributed by atoms with E-state index in [1.807, 2.05) is 0 Å². The van der Waals surface area contributed by atoms with Crippen LogP contribution in [0.25, 0.3) is 10.9 Å². The molecule has 1 aromatic carbocycles. The molecule has 1 atom stereocenters. The number of nitrogens with one attached hydrogen (secondary N) is 1. The maximum atomic E-state index is 3.66. The summed E-state index contributed by atoms with van der Waals surface area (Å²) >= 11 is 0. The molecule has 0 amide bonds. The first-order chi connectivity index (χ1) is 9.16. The summed E-state index contributed by atoms with van der Waals surface area (Å²) in [6.45, 7) is 5.62. The fourth-order valence-electron chi connectivity index (χ4n) is 3.41. The standard InChI is InChI=1S/C17H24N2/c1-12-7-8-16-14(10-15-6-4-5-9-18-15)11-19(3)17(16)13(12)2/h7-8,11,15,18H,4-6,9-10H2,1-3H3. The van der Waals surface area contributed by atoms with Crippen LogP contribution in [0.4, 0.5) is 0 Å². The van der Waals surface area contributed by atoms with E-state index in [2.05, 4.69) is 49.1 Å². The highest BCUT2D eigenvalue weighted by atomic mass is 14.9. The lowest BCUT2D eigenvalue weighted by molar-refractivity contribution is 0.400. The van der Waals surface area contributed by atoms with Crippen molar-refractivity contribution in [3.05, 3.63) is 35.0 Å². The van der Waals surface area contributed by atoms with Crippen LogP contribution in [0, 0.1) is 13.8 Å². The molecule has 1 aliphatic rings. The Hall–Kier alpha value is -1.28. The van der Waals surface area contributed by atoms with Gasteiger partial charge in [0.1, 0.15) is 0 Å². The van der Waals surface area contributed by atoms with Crippen LogP contribution < -0.4 is 5.32 Å². The quantitative estimate of drug-likeness (QED) is 0.870. The van der Waals surface area contributed by atoms with Gasteiger partial charge in [-0.25, -0.2) is 0 Å². The van der Waals surface area contributed by atoms with Crippen LogP contribution in [0.2, 0.25) is 0 Å². The molecule has 1 fully saturated rings. The molecule has 0 spiro atoms. The lowest BCUT2D eigenvalue weighted by Gasteiger charge is -2.23. The van der Waals surface area contributed by atoms with Gasteiger partial charge in [-0.1, -0.05) is 18.6 Å². The zero-order chi connectivity index (χ0) is 13.4. The fourth-order valence-corrected chi connectivity index (χ4v) is 3.41. The highest BCUT2D eigenvalue weighted by Crippen LogP contribution is 2.27. The van der Waals surface area contributed by atoms with E-state index in [4.69, 9.17) is 0 Å². The fraction of sp³-hybridized carbons (Fsp3) is 0.529. The molecule has 19 heavy (non-hydrogen) atoms. The molecule has 1 aliphatic heterocycles. The number of fused-ring (bicyclic) bond motifs is 1. The first-order valence-electron chi connectivity index (χ1n) is 7.44.